The number of oxazole rings is 1. The van der Waals surface area contributed by atoms with Crippen molar-refractivity contribution < 1.29 is 13.9 Å². The van der Waals surface area contributed by atoms with Crippen LogP contribution in [0, 0.1) is 0 Å². The Morgan fingerprint density at radius 2 is 1.88 bits per heavy atom. The van der Waals surface area contributed by atoms with Crippen molar-refractivity contribution in [3.63, 3.8) is 0 Å². The van der Waals surface area contributed by atoms with E-state index in [2.05, 4.69) is 4.98 Å². The van der Waals surface area contributed by atoms with Crippen LogP contribution in [0.5, 0.6) is 11.5 Å². The molecule has 0 saturated carbocycles. The fourth-order valence-corrected chi connectivity index (χ4v) is 1.55. The molecule has 2 aromatic rings. The molecule has 0 saturated heterocycles. The minimum Gasteiger partial charge on any atom is -0.490 e. The topological polar surface area (TPSA) is 44.5 Å². The molecule has 4 nitrogen and oxygen atoms in total. The molecule has 1 aromatic carbocycles. The van der Waals surface area contributed by atoms with Crippen LogP contribution in [0.15, 0.2) is 35.1 Å². The molecule has 0 spiro atoms. The molecule has 0 N–H and O–H groups in total. The molecule has 0 aliphatic carbocycles. The highest BCUT2D eigenvalue weighted by atomic mass is 16.5. The largest absolute Gasteiger partial charge is 0.490 e. The molecule has 0 radical (unpaired) electrons. The van der Waals surface area contributed by atoms with Crippen LogP contribution < -0.4 is 9.47 Å². The first kappa shape index (κ1) is 11.5. The Hall–Kier alpha value is -1.97. The molecule has 0 atom stereocenters. The molecular formula is C13H15NO3. The van der Waals surface area contributed by atoms with Gasteiger partial charge >= 0.3 is 0 Å². The van der Waals surface area contributed by atoms with Gasteiger partial charge in [0.2, 0.25) is 5.89 Å². The van der Waals surface area contributed by atoms with Gasteiger partial charge in [0.15, 0.2) is 11.5 Å². The maximum atomic E-state index is 5.53. The molecule has 1 heterocycles. The maximum absolute atomic E-state index is 5.53. The van der Waals surface area contributed by atoms with E-state index >= 15 is 0 Å². The van der Waals surface area contributed by atoms with E-state index in [1.165, 1.54) is 0 Å². The van der Waals surface area contributed by atoms with Gasteiger partial charge in [-0.15, -0.1) is 0 Å². The summed E-state index contributed by atoms with van der Waals surface area (Å²) in [4.78, 5) is 4.10. The molecule has 0 amide bonds. The summed E-state index contributed by atoms with van der Waals surface area (Å²) in [6.07, 6.45) is 3.16. The van der Waals surface area contributed by atoms with Crippen molar-refractivity contribution >= 4 is 0 Å². The lowest BCUT2D eigenvalue weighted by Gasteiger charge is -2.11. The van der Waals surface area contributed by atoms with Gasteiger partial charge in [-0.05, 0) is 32.0 Å². The number of benzene rings is 1. The number of nitrogens with zero attached hydrogens (tertiary/aromatic N) is 1. The summed E-state index contributed by atoms with van der Waals surface area (Å²) in [6, 6.07) is 5.65. The molecule has 0 aliphatic heterocycles. The van der Waals surface area contributed by atoms with E-state index in [0.29, 0.717) is 24.9 Å². The third-order valence-electron chi connectivity index (χ3n) is 2.22. The first-order chi connectivity index (χ1) is 8.35. The predicted octanol–water partition coefficient (Wildman–Crippen LogP) is 3.14. The van der Waals surface area contributed by atoms with Gasteiger partial charge in [-0.2, -0.15) is 0 Å². The van der Waals surface area contributed by atoms with E-state index in [0.717, 1.165) is 11.3 Å². The van der Waals surface area contributed by atoms with Gasteiger partial charge in [0.1, 0.15) is 6.26 Å². The lowest BCUT2D eigenvalue weighted by molar-refractivity contribution is 0.288. The zero-order chi connectivity index (χ0) is 12.1. The second-order valence-electron chi connectivity index (χ2n) is 3.36. The lowest BCUT2D eigenvalue weighted by Crippen LogP contribution is -1.98. The number of hydrogen-bond acceptors (Lipinski definition) is 4. The van der Waals surface area contributed by atoms with Crippen LogP contribution in [0.1, 0.15) is 13.8 Å². The van der Waals surface area contributed by atoms with Crippen molar-refractivity contribution in [2.45, 2.75) is 13.8 Å². The minimum atomic E-state index is 0.578. The highest BCUT2D eigenvalue weighted by molar-refractivity contribution is 5.59. The van der Waals surface area contributed by atoms with Crippen LogP contribution in [0.4, 0.5) is 0 Å². The minimum absolute atomic E-state index is 0.578. The monoisotopic (exact) mass is 233 g/mol. The summed E-state index contributed by atoms with van der Waals surface area (Å²) in [7, 11) is 0. The highest BCUT2D eigenvalue weighted by Gasteiger charge is 2.09. The SMILES string of the molecule is CCOc1ccc(-c2ncco2)cc1OCC. The van der Waals surface area contributed by atoms with Gasteiger partial charge in [0.25, 0.3) is 0 Å². The fourth-order valence-electron chi connectivity index (χ4n) is 1.55. The second kappa shape index (κ2) is 5.39. The number of ether oxygens (including phenoxy) is 2. The molecule has 90 valence electrons. The first-order valence-corrected chi connectivity index (χ1v) is 5.64. The Bertz CT molecular complexity index is 466. The smallest absolute Gasteiger partial charge is 0.225 e. The van der Waals surface area contributed by atoms with Crippen molar-refractivity contribution in [1.29, 1.82) is 0 Å². The van der Waals surface area contributed by atoms with Crippen LogP contribution in [-0.4, -0.2) is 18.2 Å². The molecule has 17 heavy (non-hydrogen) atoms. The second-order valence-corrected chi connectivity index (χ2v) is 3.36. The van der Waals surface area contributed by atoms with Crippen LogP contribution in [0.25, 0.3) is 11.5 Å². The van der Waals surface area contributed by atoms with Gasteiger partial charge in [-0.1, -0.05) is 0 Å². The average molecular weight is 233 g/mol. The number of hydrogen-bond donors (Lipinski definition) is 0. The molecule has 0 bridgehead atoms. The van der Waals surface area contributed by atoms with E-state index in [9.17, 15) is 0 Å². The maximum Gasteiger partial charge on any atom is 0.225 e. The third kappa shape index (κ3) is 2.58. The van der Waals surface area contributed by atoms with E-state index in [4.69, 9.17) is 13.9 Å². The Morgan fingerprint density at radius 3 is 2.53 bits per heavy atom. The quantitative estimate of drug-likeness (QED) is 0.795. The summed E-state index contributed by atoms with van der Waals surface area (Å²) in [6.45, 7) is 5.08. The summed E-state index contributed by atoms with van der Waals surface area (Å²) in [5.41, 5.74) is 0.877. The molecule has 0 unspecified atom stereocenters. The van der Waals surface area contributed by atoms with Crippen molar-refractivity contribution in [3.8, 4) is 23.0 Å². The average Bonchev–Trinajstić information content (AvgIpc) is 2.85. The lowest BCUT2D eigenvalue weighted by atomic mass is 10.2. The van der Waals surface area contributed by atoms with E-state index < -0.39 is 0 Å². The van der Waals surface area contributed by atoms with Gasteiger partial charge < -0.3 is 13.9 Å². The fraction of sp³-hybridized carbons (Fsp3) is 0.308. The Morgan fingerprint density at radius 1 is 1.12 bits per heavy atom. The summed E-state index contributed by atoms with van der Waals surface area (Å²) in [5, 5.41) is 0. The third-order valence-corrected chi connectivity index (χ3v) is 2.22. The van der Waals surface area contributed by atoms with Crippen LogP contribution >= 0.6 is 0 Å². The van der Waals surface area contributed by atoms with E-state index in [-0.39, 0.29) is 0 Å². The standard InChI is InChI=1S/C13H15NO3/c1-3-15-11-6-5-10(9-12(11)16-4-2)13-14-7-8-17-13/h5-9H,3-4H2,1-2H3. The summed E-state index contributed by atoms with van der Waals surface area (Å²) in [5.74, 6) is 2.03. The summed E-state index contributed by atoms with van der Waals surface area (Å²) < 4.78 is 16.3. The van der Waals surface area contributed by atoms with Gasteiger partial charge in [0.05, 0.1) is 19.4 Å². The molecule has 0 fully saturated rings. The predicted molar refractivity (Wildman–Crippen MR) is 64.3 cm³/mol. The molecule has 0 aliphatic rings. The number of rotatable bonds is 5. The van der Waals surface area contributed by atoms with Crippen molar-refractivity contribution in [3.05, 3.63) is 30.7 Å². The van der Waals surface area contributed by atoms with Crippen molar-refractivity contribution in [1.82, 2.24) is 4.98 Å². The Kier molecular flexibility index (Phi) is 3.65. The van der Waals surface area contributed by atoms with Crippen molar-refractivity contribution in [2.75, 3.05) is 13.2 Å². The van der Waals surface area contributed by atoms with E-state index in [1.54, 1.807) is 12.5 Å². The van der Waals surface area contributed by atoms with Crippen molar-refractivity contribution in [2.24, 2.45) is 0 Å². The zero-order valence-electron chi connectivity index (χ0n) is 9.97. The molecular weight excluding hydrogens is 218 g/mol. The van der Waals surface area contributed by atoms with Crippen LogP contribution in [0.2, 0.25) is 0 Å². The zero-order valence-corrected chi connectivity index (χ0v) is 9.97. The Labute approximate surface area is 100 Å². The number of aromatic nitrogens is 1. The van der Waals surface area contributed by atoms with Gasteiger partial charge in [-0.25, -0.2) is 4.98 Å². The van der Waals surface area contributed by atoms with Gasteiger partial charge in [-0.3, -0.25) is 0 Å². The molecule has 2 rings (SSSR count). The Balaban J connectivity index is 2.34. The van der Waals surface area contributed by atoms with E-state index in [1.807, 2.05) is 32.0 Å². The highest BCUT2D eigenvalue weighted by Crippen LogP contribution is 2.32. The summed E-state index contributed by atoms with van der Waals surface area (Å²) >= 11 is 0. The van der Waals surface area contributed by atoms with Crippen LogP contribution in [-0.2, 0) is 0 Å². The van der Waals surface area contributed by atoms with Gasteiger partial charge in [0, 0.05) is 5.56 Å². The first-order valence-electron chi connectivity index (χ1n) is 5.64. The normalized spacial score (nSPS) is 10.2. The van der Waals surface area contributed by atoms with Crippen LogP contribution in [0.3, 0.4) is 0 Å². The molecule has 4 heteroatoms. The molecule has 1 aromatic heterocycles.